The second-order valence-corrected chi connectivity index (χ2v) is 6.94. The van der Waals surface area contributed by atoms with Gasteiger partial charge in [0.05, 0.1) is 11.9 Å². The number of thiophene rings is 1. The van der Waals surface area contributed by atoms with Crippen LogP contribution in [-0.4, -0.2) is 19.9 Å². The van der Waals surface area contributed by atoms with Crippen LogP contribution in [0.2, 0.25) is 0 Å². The van der Waals surface area contributed by atoms with Crippen molar-refractivity contribution in [1.82, 2.24) is 10.3 Å². The summed E-state index contributed by atoms with van der Waals surface area (Å²) < 4.78 is 27.5. The van der Waals surface area contributed by atoms with Crippen molar-refractivity contribution in [2.24, 2.45) is 0 Å². The van der Waals surface area contributed by atoms with Crippen LogP contribution >= 0.6 is 11.3 Å². The van der Waals surface area contributed by atoms with E-state index in [1.54, 1.807) is 23.7 Å². The second-order valence-electron chi connectivity index (χ2n) is 4.28. The highest BCUT2D eigenvalue weighted by atomic mass is 32.2. The Morgan fingerprint density at radius 2 is 2.15 bits per heavy atom. The number of nitrogens with zero attached hydrogens (tertiary/aromatic N) is 1. The van der Waals surface area contributed by atoms with Crippen LogP contribution < -0.4 is 10.0 Å². The van der Waals surface area contributed by atoms with Gasteiger partial charge in [-0.25, -0.2) is 8.42 Å². The number of sulfonamides is 1. The summed E-state index contributed by atoms with van der Waals surface area (Å²) in [6.07, 6.45) is 3.15. The van der Waals surface area contributed by atoms with Crippen LogP contribution in [0.3, 0.4) is 0 Å². The Balaban J connectivity index is 2.27. The third-order valence-electron chi connectivity index (χ3n) is 2.81. The van der Waals surface area contributed by atoms with E-state index in [9.17, 15) is 8.42 Å². The van der Waals surface area contributed by atoms with Crippen molar-refractivity contribution < 1.29 is 8.42 Å². The Kier molecular flexibility index (Phi) is 4.74. The number of aryl methyl sites for hydroxylation is 1. The minimum atomic E-state index is -3.57. The Labute approximate surface area is 123 Å². The molecule has 0 saturated carbocycles. The van der Waals surface area contributed by atoms with Crippen molar-refractivity contribution in [1.29, 1.82) is 0 Å². The van der Waals surface area contributed by atoms with Gasteiger partial charge in [0.1, 0.15) is 4.90 Å². The minimum Gasteiger partial charge on any atom is -0.312 e. The van der Waals surface area contributed by atoms with Gasteiger partial charge in [-0.2, -0.15) is 0 Å². The maximum atomic E-state index is 12.4. The molecule has 7 heteroatoms. The molecule has 0 amide bonds. The monoisotopic (exact) mass is 311 g/mol. The summed E-state index contributed by atoms with van der Waals surface area (Å²) in [7, 11) is -3.57. The maximum Gasteiger partial charge on any atom is 0.263 e. The first-order chi connectivity index (χ1) is 9.54. The molecule has 0 bridgehead atoms. The molecule has 0 saturated heterocycles. The van der Waals surface area contributed by atoms with Gasteiger partial charge in [0.2, 0.25) is 0 Å². The molecule has 0 aliphatic heterocycles. The molecule has 108 valence electrons. The lowest BCUT2D eigenvalue weighted by Crippen LogP contribution is -2.17. The van der Waals surface area contributed by atoms with Gasteiger partial charge in [-0.15, -0.1) is 11.3 Å². The Morgan fingerprint density at radius 1 is 1.35 bits per heavy atom. The van der Waals surface area contributed by atoms with Gasteiger partial charge in [-0.1, -0.05) is 6.92 Å². The summed E-state index contributed by atoms with van der Waals surface area (Å²) in [6.45, 7) is 5.18. The summed E-state index contributed by atoms with van der Waals surface area (Å²) in [6, 6.07) is 3.40. The zero-order valence-electron chi connectivity index (χ0n) is 11.4. The van der Waals surface area contributed by atoms with Crippen molar-refractivity contribution in [2.75, 3.05) is 11.3 Å². The first-order valence-electron chi connectivity index (χ1n) is 6.25. The highest BCUT2D eigenvalue weighted by molar-refractivity contribution is 7.93. The van der Waals surface area contributed by atoms with Gasteiger partial charge in [-0.3, -0.25) is 9.71 Å². The van der Waals surface area contributed by atoms with Crippen LogP contribution in [0.5, 0.6) is 0 Å². The number of hydrogen-bond donors (Lipinski definition) is 2. The molecule has 2 aromatic rings. The van der Waals surface area contributed by atoms with Crippen LogP contribution in [-0.2, 0) is 16.6 Å². The van der Waals surface area contributed by atoms with E-state index in [0.717, 1.165) is 17.0 Å². The molecular weight excluding hydrogens is 294 g/mol. The largest absolute Gasteiger partial charge is 0.312 e. The van der Waals surface area contributed by atoms with Gasteiger partial charge < -0.3 is 5.32 Å². The highest BCUT2D eigenvalue weighted by Gasteiger charge is 2.20. The van der Waals surface area contributed by atoms with Gasteiger partial charge >= 0.3 is 0 Å². The van der Waals surface area contributed by atoms with E-state index < -0.39 is 10.0 Å². The smallest absolute Gasteiger partial charge is 0.263 e. The topological polar surface area (TPSA) is 71.1 Å². The van der Waals surface area contributed by atoms with E-state index >= 15 is 0 Å². The summed E-state index contributed by atoms with van der Waals surface area (Å²) >= 11 is 1.43. The molecule has 0 aromatic carbocycles. The molecule has 2 N–H and O–H groups in total. The normalized spacial score (nSPS) is 11.5. The second kappa shape index (κ2) is 6.34. The number of anilines is 1. The fraction of sp³-hybridized carbons (Fsp3) is 0.308. The number of hydrogen-bond acceptors (Lipinski definition) is 5. The predicted octanol–water partition coefficient (Wildman–Crippen LogP) is 2.36. The minimum absolute atomic E-state index is 0.326. The molecule has 0 radical (unpaired) electrons. The lowest BCUT2D eigenvalue weighted by atomic mass is 10.3. The molecule has 0 spiro atoms. The van der Waals surface area contributed by atoms with E-state index in [0.29, 0.717) is 17.1 Å². The van der Waals surface area contributed by atoms with Crippen molar-refractivity contribution in [3.05, 3.63) is 40.3 Å². The number of rotatable bonds is 6. The Bertz CT molecular complexity index is 680. The average Bonchev–Trinajstić information content (AvgIpc) is 2.88. The zero-order valence-corrected chi connectivity index (χ0v) is 13.0. The van der Waals surface area contributed by atoms with E-state index in [1.807, 2.05) is 13.8 Å². The first-order valence-corrected chi connectivity index (χ1v) is 8.61. The summed E-state index contributed by atoms with van der Waals surface area (Å²) in [5.74, 6) is 0. The first kappa shape index (κ1) is 15.0. The SMILES string of the molecule is CCNCc1sccc1S(=O)(=O)Nc1cnccc1C. The van der Waals surface area contributed by atoms with Crippen LogP contribution in [0.1, 0.15) is 17.4 Å². The molecule has 0 aliphatic rings. The van der Waals surface area contributed by atoms with Gasteiger partial charge in [0.25, 0.3) is 10.0 Å². The molecule has 5 nitrogen and oxygen atoms in total. The zero-order chi connectivity index (χ0) is 14.6. The molecule has 20 heavy (non-hydrogen) atoms. The lowest BCUT2D eigenvalue weighted by molar-refractivity contribution is 0.599. The van der Waals surface area contributed by atoms with Crippen LogP contribution in [0.25, 0.3) is 0 Å². The quantitative estimate of drug-likeness (QED) is 0.859. The third kappa shape index (κ3) is 3.36. The Hall–Kier alpha value is -1.44. The molecule has 2 rings (SSSR count). The van der Waals surface area contributed by atoms with Crippen molar-refractivity contribution in [2.45, 2.75) is 25.3 Å². The van der Waals surface area contributed by atoms with E-state index in [1.165, 1.54) is 17.5 Å². The Morgan fingerprint density at radius 3 is 2.85 bits per heavy atom. The fourth-order valence-electron chi connectivity index (χ4n) is 1.71. The van der Waals surface area contributed by atoms with E-state index in [-0.39, 0.29) is 0 Å². The number of nitrogens with one attached hydrogen (secondary N) is 2. The molecular formula is C13H17N3O2S2. The van der Waals surface area contributed by atoms with E-state index in [2.05, 4.69) is 15.0 Å². The maximum absolute atomic E-state index is 12.4. The van der Waals surface area contributed by atoms with Crippen LogP contribution in [0, 0.1) is 6.92 Å². The summed E-state index contributed by atoms with van der Waals surface area (Å²) in [5, 5.41) is 4.93. The average molecular weight is 311 g/mol. The molecule has 0 aliphatic carbocycles. The van der Waals surface area contributed by atoms with Crippen molar-refractivity contribution >= 4 is 27.0 Å². The summed E-state index contributed by atoms with van der Waals surface area (Å²) in [5.41, 5.74) is 1.35. The third-order valence-corrected chi connectivity index (χ3v) is 5.31. The standard InChI is InChI=1S/C13H17N3O2S2/c1-3-14-9-12-13(5-7-19-12)20(17,18)16-11-8-15-6-4-10(11)2/h4-8,14,16H,3,9H2,1-2H3. The number of pyridine rings is 1. The number of aromatic nitrogens is 1. The molecule has 0 atom stereocenters. The predicted molar refractivity (Wildman–Crippen MR) is 81.5 cm³/mol. The fourth-order valence-corrected chi connectivity index (χ4v) is 4.24. The van der Waals surface area contributed by atoms with Gasteiger partial charge in [-0.05, 0) is 36.5 Å². The lowest BCUT2D eigenvalue weighted by Gasteiger charge is -2.10. The molecule has 0 unspecified atom stereocenters. The van der Waals surface area contributed by atoms with Crippen LogP contribution in [0.15, 0.2) is 34.8 Å². The molecule has 0 fully saturated rings. The van der Waals surface area contributed by atoms with Crippen molar-refractivity contribution in [3.63, 3.8) is 0 Å². The van der Waals surface area contributed by atoms with Gasteiger partial charge in [0.15, 0.2) is 0 Å². The molecule has 2 heterocycles. The highest BCUT2D eigenvalue weighted by Crippen LogP contribution is 2.25. The van der Waals surface area contributed by atoms with Crippen LogP contribution in [0.4, 0.5) is 5.69 Å². The molecule has 2 aromatic heterocycles. The van der Waals surface area contributed by atoms with Gasteiger partial charge in [0, 0.05) is 17.6 Å². The van der Waals surface area contributed by atoms with E-state index in [4.69, 9.17) is 0 Å². The van der Waals surface area contributed by atoms with Crippen molar-refractivity contribution in [3.8, 4) is 0 Å². The summed E-state index contributed by atoms with van der Waals surface area (Å²) in [4.78, 5) is 5.08.